The lowest BCUT2D eigenvalue weighted by atomic mass is 9.93. The van der Waals surface area contributed by atoms with Crippen molar-refractivity contribution in [1.82, 2.24) is 0 Å². The van der Waals surface area contributed by atoms with Crippen molar-refractivity contribution in [2.24, 2.45) is 7.05 Å². The fourth-order valence-corrected chi connectivity index (χ4v) is 2.48. The highest BCUT2D eigenvalue weighted by Gasteiger charge is 2.15. The number of aryl methyl sites for hydroxylation is 4. The van der Waals surface area contributed by atoms with Gasteiger partial charge in [-0.15, -0.1) is 0 Å². The van der Waals surface area contributed by atoms with E-state index in [0.717, 1.165) is 0 Å². The molecule has 3 aromatic rings. The Morgan fingerprint density at radius 3 is 2.50 bits per heavy atom. The van der Waals surface area contributed by atoms with Crippen LogP contribution >= 0.6 is 0 Å². The summed E-state index contributed by atoms with van der Waals surface area (Å²) in [7, 11) is 1.74. The molecule has 0 bridgehead atoms. The molecule has 1 heterocycles. The molecule has 0 unspecified atom stereocenters. The van der Waals surface area contributed by atoms with Gasteiger partial charge in [0.05, 0.1) is 6.85 Å². The van der Waals surface area contributed by atoms with Crippen molar-refractivity contribution >= 4 is 0 Å². The summed E-state index contributed by atoms with van der Waals surface area (Å²) >= 11 is 0. The Bertz CT molecular complexity index is 1190. The predicted molar refractivity (Wildman–Crippen MR) is 92.7 cm³/mol. The van der Waals surface area contributed by atoms with E-state index in [9.17, 15) is 0 Å². The zero-order valence-corrected chi connectivity index (χ0v) is 12.4. The average molecular weight is 298 g/mol. The van der Waals surface area contributed by atoms with Gasteiger partial charge in [0, 0.05) is 24.0 Å². The molecule has 0 aliphatic carbocycles. The minimum Gasteiger partial charge on any atom is -0.201 e. The smallest absolute Gasteiger partial charge is 0.201 e. The summed E-state index contributed by atoms with van der Waals surface area (Å²) in [5.41, 5.74) is 2.17. The maximum absolute atomic E-state index is 8.32. The number of benzene rings is 2. The van der Waals surface area contributed by atoms with Crippen LogP contribution in [-0.2, 0) is 7.05 Å². The third-order valence-electron chi connectivity index (χ3n) is 3.57. The molecule has 0 spiro atoms. The largest absolute Gasteiger partial charge is 0.212 e. The van der Waals surface area contributed by atoms with E-state index >= 15 is 0 Å². The molecule has 1 aromatic heterocycles. The minimum atomic E-state index is -2.57. The maximum atomic E-state index is 8.32. The Balaban J connectivity index is 2.41. The quantitative estimate of drug-likeness (QED) is 0.600. The summed E-state index contributed by atoms with van der Waals surface area (Å²) in [5, 5.41) is 0. The second-order valence-electron chi connectivity index (χ2n) is 5.17. The third kappa shape index (κ3) is 2.67. The molecule has 22 heavy (non-hydrogen) atoms. The van der Waals surface area contributed by atoms with E-state index in [1.54, 1.807) is 42.9 Å². The van der Waals surface area contributed by atoms with Crippen LogP contribution in [0.25, 0.3) is 22.4 Å². The fourth-order valence-electron chi connectivity index (χ4n) is 2.48. The summed E-state index contributed by atoms with van der Waals surface area (Å²) in [6.45, 7) is -1.99. The Kier molecular flexibility index (Phi) is 1.78. The summed E-state index contributed by atoms with van der Waals surface area (Å²) in [5.74, 6) is 0. The highest BCUT2D eigenvalue weighted by Crippen LogP contribution is 2.30. The lowest BCUT2D eigenvalue weighted by molar-refractivity contribution is -0.660. The van der Waals surface area contributed by atoms with Crippen molar-refractivity contribution < 1.29 is 18.3 Å². The van der Waals surface area contributed by atoms with Crippen molar-refractivity contribution in [2.45, 2.75) is 20.7 Å². The predicted octanol–water partition coefficient (Wildman–Crippen LogP) is 4.77. The normalized spacial score (nSPS) is 18.0. The van der Waals surface area contributed by atoms with Crippen LogP contribution in [0, 0.1) is 20.7 Å². The lowest BCUT2D eigenvalue weighted by Gasteiger charge is -2.12. The first-order valence-electron chi connectivity index (χ1n) is 12.0. The van der Waals surface area contributed by atoms with Crippen molar-refractivity contribution in [3.63, 3.8) is 0 Å². The summed E-state index contributed by atoms with van der Waals surface area (Å²) in [6.07, 6.45) is 1.64. The number of pyridine rings is 1. The Labute approximate surface area is 146 Å². The van der Waals surface area contributed by atoms with Crippen molar-refractivity contribution in [1.29, 1.82) is 0 Å². The van der Waals surface area contributed by atoms with Gasteiger partial charge in [-0.25, -0.2) is 4.57 Å². The van der Waals surface area contributed by atoms with Crippen LogP contribution in [-0.4, -0.2) is 0 Å². The number of nitrogens with zero attached hydrogens (tertiary/aromatic N) is 1. The SMILES string of the molecule is [2H]c1c([2H])c([2H])c(-c2cc(-c3ccc(C([2H])[2H])c[n+]3C)c(C)cc2C([2H])([2H])[2H])c([2H])c1[2H]. The molecular weight excluding hydrogens is 266 g/mol. The van der Waals surface area contributed by atoms with E-state index in [0.29, 0.717) is 22.4 Å². The van der Waals surface area contributed by atoms with E-state index in [1.165, 1.54) is 6.07 Å². The van der Waals surface area contributed by atoms with Crippen LogP contribution in [0.1, 0.15) is 30.4 Å². The first-order valence-corrected chi connectivity index (χ1v) is 6.82. The summed E-state index contributed by atoms with van der Waals surface area (Å²) in [4.78, 5) is 0. The van der Waals surface area contributed by atoms with Crippen LogP contribution < -0.4 is 4.57 Å². The van der Waals surface area contributed by atoms with Gasteiger partial charge in [0.25, 0.3) is 0 Å². The van der Waals surface area contributed by atoms with Crippen molar-refractivity contribution in [3.05, 3.63) is 77.4 Å². The number of aromatic nitrogens is 1. The second kappa shape index (κ2) is 5.76. The van der Waals surface area contributed by atoms with Gasteiger partial charge in [-0.05, 0) is 55.0 Å². The standard InChI is InChI=1S/C21H22N/c1-15-10-11-21(22(4)14-15)20-13-19(16(2)12-17(20)3)18-8-6-5-7-9-18/h5-14H,1-4H3/q+1/i1D2,2D3,5D,6D,7D,8D,9D. The van der Waals surface area contributed by atoms with Gasteiger partial charge in [-0.1, -0.05) is 36.3 Å². The summed E-state index contributed by atoms with van der Waals surface area (Å²) in [6, 6.07) is 3.80. The molecule has 0 radical (unpaired) electrons. The Morgan fingerprint density at radius 1 is 1.00 bits per heavy atom. The Morgan fingerprint density at radius 2 is 1.82 bits per heavy atom. The van der Waals surface area contributed by atoms with Gasteiger partial charge in [0.1, 0.15) is 7.05 Å². The molecule has 0 aliphatic heterocycles. The van der Waals surface area contributed by atoms with Gasteiger partial charge in [0.15, 0.2) is 6.20 Å². The van der Waals surface area contributed by atoms with Crippen LogP contribution in [0.15, 0.2) is 60.7 Å². The first-order chi connectivity index (χ1) is 14.8. The average Bonchev–Trinajstić information content (AvgIpc) is 2.71. The summed E-state index contributed by atoms with van der Waals surface area (Å²) < 4.78 is 81.2. The fraction of sp³-hybridized carbons (Fsp3) is 0.190. The second-order valence-corrected chi connectivity index (χ2v) is 5.17. The highest BCUT2D eigenvalue weighted by molar-refractivity contribution is 5.75. The molecule has 0 amide bonds. The topological polar surface area (TPSA) is 3.88 Å². The van der Waals surface area contributed by atoms with E-state index in [4.69, 9.17) is 13.7 Å². The van der Waals surface area contributed by atoms with Crippen LogP contribution in [0.5, 0.6) is 0 Å². The van der Waals surface area contributed by atoms with Gasteiger partial charge >= 0.3 is 0 Å². The van der Waals surface area contributed by atoms with Crippen molar-refractivity contribution in [2.75, 3.05) is 0 Å². The molecule has 2 aromatic carbocycles. The van der Waals surface area contributed by atoms with Crippen molar-refractivity contribution in [3.8, 4) is 22.4 Å². The lowest BCUT2D eigenvalue weighted by Crippen LogP contribution is -2.31. The number of hydrogen-bond donors (Lipinski definition) is 0. The maximum Gasteiger partial charge on any atom is 0.212 e. The molecule has 0 saturated carbocycles. The number of hydrogen-bond acceptors (Lipinski definition) is 0. The highest BCUT2D eigenvalue weighted by atomic mass is 14.9. The van der Waals surface area contributed by atoms with E-state index in [-0.39, 0.29) is 16.7 Å². The minimum absolute atomic E-state index is 0.0468. The van der Waals surface area contributed by atoms with Crippen LogP contribution in [0.3, 0.4) is 0 Å². The molecule has 0 N–H and O–H groups in total. The molecule has 0 saturated heterocycles. The monoisotopic (exact) mass is 298 g/mol. The molecule has 0 atom stereocenters. The molecule has 3 rings (SSSR count). The van der Waals surface area contributed by atoms with Gasteiger partial charge in [-0.2, -0.15) is 0 Å². The molecule has 110 valence electrons. The molecule has 1 nitrogen and oxygen atoms in total. The van der Waals surface area contributed by atoms with E-state index < -0.39 is 43.9 Å². The molecule has 0 aliphatic rings. The Hall–Kier alpha value is -2.41. The number of rotatable bonds is 2. The van der Waals surface area contributed by atoms with Gasteiger partial charge in [0.2, 0.25) is 5.69 Å². The zero-order chi connectivity index (χ0) is 24.1. The van der Waals surface area contributed by atoms with Gasteiger partial charge in [-0.3, -0.25) is 0 Å². The van der Waals surface area contributed by atoms with E-state index in [2.05, 4.69) is 0 Å². The first kappa shape index (κ1) is 6.78. The molecular formula is C21H22N+. The molecule has 0 fully saturated rings. The van der Waals surface area contributed by atoms with Crippen LogP contribution in [0.2, 0.25) is 0 Å². The van der Waals surface area contributed by atoms with Crippen LogP contribution in [0.4, 0.5) is 0 Å². The van der Waals surface area contributed by atoms with E-state index in [1.807, 2.05) is 0 Å². The van der Waals surface area contributed by atoms with Gasteiger partial charge < -0.3 is 0 Å². The zero-order valence-electron chi connectivity index (χ0n) is 22.4. The molecule has 1 heteroatoms. The third-order valence-corrected chi connectivity index (χ3v) is 3.57.